The van der Waals surface area contributed by atoms with E-state index >= 15 is 0 Å². The second kappa shape index (κ2) is 6.60. The van der Waals surface area contributed by atoms with E-state index in [9.17, 15) is 14.4 Å². The highest BCUT2D eigenvalue weighted by Gasteiger charge is 2.37. The Hall–Kier alpha value is -2.37. The van der Waals surface area contributed by atoms with Crippen LogP contribution in [0, 0.1) is 0 Å². The topological polar surface area (TPSA) is 75.7 Å². The van der Waals surface area contributed by atoms with Crippen LogP contribution in [0.15, 0.2) is 18.2 Å². The third kappa shape index (κ3) is 3.10. The number of urea groups is 1. The number of ether oxygens (including phenoxy) is 1. The van der Waals surface area contributed by atoms with E-state index in [1.807, 2.05) is 6.92 Å². The molecule has 0 radical (unpaired) electrons. The lowest BCUT2D eigenvalue weighted by Gasteiger charge is -2.16. The Morgan fingerprint density at radius 3 is 2.68 bits per heavy atom. The van der Waals surface area contributed by atoms with Crippen molar-refractivity contribution in [3.63, 3.8) is 0 Å². The third-order valence-corrected chi connectivity index (χ3v) is 3.70. The molecule has 22 heavy (non-hydrogen) atoms. The number of hydrogen-bond acceptors (Lipinski definition) is 4. The van der Waals surface area contributed by atoms with Crippen LogP contribution in [0.25, 0.3) is 0 Å². The Balaban J connectivity index is 2.26. The predicted octanol–water partition coefficient (Wildman–Crippen LogP) is 2.12. The van der Waals surface area contributed by atoms with Crippen LogP contribution in [0.3, 0.4) is 0 Å². The number of benzene rings is 1. The van der Waals surface area contributed by atoms with Crippen molar-refractivity contribution in [3.05, 3.63) is 29.3 Å². The Morgan fingerprint density at radius 2 is 2.09 bits per heavy atom. The zero-order valence-electron chi connectivity index (χ0n) is 13.0. The van der Waals surface area contributed by atoms with Gasteiger partial charge in [-0.25, -0.2) is 4.79 Å². The largest absolute Gasteiger partial charge is 0.496 e. The van der Waals surface area contributed by atoms with E-state index in [-0.39, 0.29) is 18.2 Å². The zero-order chi connectivity index (χ0) is 16.3. The number of rotatable bonds is 6. The average molecular weight is 304 g/mol. The summed E-state index contributed by atoms with van der Waals surface area (Å²) >= 11 is 0. The predicted molar refractivity (Wildman–Crippen MR) is 80.8 cm³/mol. The molecule has 6 heteroatoms. The first-order valence-electron chi connectivity index (χ1n) is 7.27. The summed E-state index contributed by atoms with van der Waals surface area (Å²) in [7, 11) is 1.51. The molecule has 1 aliphatic heterocycles. The molecule has 1 aromatic rings. The van der Waals surface area contributed by atoms with E-state index in [1.165, 1.54) is 18.9 Å². The number of amides is 3. The summed E-state index contributed by atoms with van der Waals surface area (Å²) in [5.74, 6) is 0.233. The molecule has 0 aliphatic carbocycles. The van der Waals surface area contributed by atoms with Crippen molar-refractivity contribution in [2.24, 2.45) is 0 Å². The molecule has 6 nitrogen and oxygen atoms in total. The standard InChI is InChI=1S/C16H20N2O4/c1-4-5-13-15(20)18(16(21)17-13)9-12-8-11(10(2)19)6-7-14(12)22-3/h6-8,13H,4-5,9H2,1-3H3,(H,17,21). The Bertz CT molecular complexity index is 612. The number of Topliss-reactive ketones (excluding diaryl/α,β-unsaturated/α-hetero) is 1. The van der Waals surface area contributed by atoms with Gasteiger partial charge in [-0.2, -0.15) is 0 Å². The van der Waals surface area contributed by atoms with Crippen molar-refractivity contribution in [1.29, 1.82) is 0 Å². The highest BCUT2D eigenvalue weighted by atomic mass is 16.5. The molecule has 1 fully saturated rings. The summed E-state index contributed by atoms with van der Waals surface area (Å²) < 4.78 is 5.25. The molecule has 2 rings (SSSR count). The highest BCUT2D eigenvalue weighted by Crippen LogP contribution is 2.24. The number of ketones is 1. The van der Waals surface area contributed by atoms with Gasteiger partial charge in [-0.15, -0.1) is 0 Å². The number of nitrogens with zero attached hydrogens (tertiary/aromatic N) is 1. The van der Waals surface area contributed by atoms with Gasteiger partial charge in [-0.1, -0.05) is 13.3 Å². The van der Waals surface area contributed by atoms with Crippen LogP contribution >= 0.6 is 0 Å². The molecule has 1 N–H and O–H groups in total. The first-order valence-corrected chi connectivity index (χ1v) is 7.27. The minimum Gasteiger partial charge on any atom is -0.496 e. The number of methoxy groups -OCH3 is 1. The molecule has 118 valence electrons. The Kier molecular flexibility index (Phi) is 4.80. The second-order valence-corrected chi connectivity index (χ2v) is 5.30. The smallest absolute Gasteiger partial charge is 0.325 e. The van der Waals surface area contributed by atoms with Crippen LogP contribution in [-0.2, 0) is 11.3 Å². The van der Waals surface area contributed by atoms with Gasteiger partial charge in [0.15, 0.2) is 5.78 Å². The molecule has 0 spiro atoms. The fraction of sp³-hybridized carbons (Fsp3) is 0.438. The van der Waals surface area contributed by atoms with E-state index < -0.39 is 12.1 Å². The molecule has 0 aromatic heterocycles. The van der Waals surface area contributed by atoms with Crippen LogP contribution < -0.4 is 10.1 Å². The molecular formula is C16H20N2O4. The summed E-state index contributed by atoms with van der Waals surface area (Å²) in [5.41, 5.74) is 1.16. The Labute approximate surface area is 129 Å². The minimum absolute atomic E-state index is 0.0787. The van der Waals surface area contributed by atoms with Crippen molar-refractivity contribution < 1.29 is 19.1 Å². The lowest BCUT2D eigenvalue weighted by Crippen LogP contribution is -2.31. The van der Waals surface area contributed by atoms with E-state index in [2.05, 4.69) is 5.32 Å². The summed E-state index contributed by atoms with van der Waals surface area (Å²) in [4.78, 5) is 36.9. The van der Waals surface area contributed by atoms with Crippen molar-refractivity contribution in [2.75, 3.05) is 7.11 Å². The van der Waals surface area contributed by atoms with Crippen molar-refractivity contribution in [3.8, 4) is 5.75 Å². The number of hydrogen-bond donors (Lipinski definition) is 1. The molecule has 3 amide bonds. The normalized spacial score (nSPS) is 17.6. The number of carbonyl (C=O) groups is 3. The highest BCUT2D eigenvalue weighted by molar-refractivity contribution is 6.04. The SMILES string of the molecule is CCCC1NC(=O)N(Cc2cc(C(C)=O)ccc2OC)C1=O. The Morgan fingerprint density at radius 1 is 1.36 bits per heavy atom. The monoisotopic (exact) mass is 304 g/mol. The van der Waals surface area contributed by atoms with Gasteiger partial charge in [0, 0.05) is 11.1 Å². The van der Waals surface area contributed by atoms with E-state index in [0.717, 1.165) is 6.42 Å². The molecule has 0 bridgehead atoms. The molecular weight excluding hydrogens is 284 g/mol. The van der Waals surface area contributed by atoms with E-state index in [0.29, 0.717) is 23.3 Å². The maximum absolute atomic E-state index is 12.3. The summed E-state index contributed by atoms with van der Waals surface area (Å²) in [6.07, 6.45) is 1.43. The molecule has 1 aliphatic rings. The quantitative estimate of drug-likeness (QED) is 0.645. The first kappa shape index (κ1) is 16.0. The number of carbonyl (C=O) groups excluding carboxylic acids is 3. The number of imide groups is 1. The van der Waals surface area contributed by atoms with Crippen LogP contribution in [0.4, 0.5) is 4.79 Å². The molecule has 1 heterocycles. The maximum Gasteiger partial charge on any atom is 0.325 e. The van der Waals surface area contributed by atoms with Crippen molar-refractivity contribution in [1.82, 2.24) is 10.2 Å². The molecule has 1 unspecified atom stereocenters. The van der Waals surface area contributed by atoms with Crippen LogP contribution in [0.1, 0.15) is 42.6 Å². The second-order valence-electron chi connectivity index (χ2n) is 5.30. The lowest BCUT2D eigenvalue weighted by molar-refractivity contribution is -0.128. The lowest BCUT2D eigenvalue weighted by atomic mass is 10.1. The van der Waals surface area contributed by atoms with Gasteiger partial charge in [0.2, 0.25) is 0 Å². The van der Waals surface area contributed by atoms with E-state index in [4.69, 9.17) is 4.74 Å². The first-order chi connectivity index (χ1) is 10.5. The van der Waals surface area contributed by atoms with Crippen molar-refractivity contribution >= 4 is 17.7 Å². The fourth-order valence-electron chi connectivity index (χ4n) is 2.50. The third-order valence-electron chi connectivity index (χ3n) is 3.70. The average Bonchev–Trinajstić information content (AvgIpc) is 2.75. The minimum atomic E-state index is -0.459. The summed E-state index contributed by atoms with van der Waals surface area (Å²) in [5, 5.41) is 2.68. The number of nitrogens with one attached hydrogen (secondary N) is 1. The van der Waals surface area contributed by atoms with Crippen LogP contribution in [0.2, 0.25) is 0 Å². The molecule has 1 saturated heterocycles. The molecule has 0 saturated carbocycles. The van der Waals surface area contributed by atoms with E-state index in [1.54, 1.807) is 18.2 Å². The van der Waals surface area contributed by atoms with Gasteiger partial charge in [0.1, 0.15) is 11.8 Å². The van der Waals surface area contributed by atoms with Gasteiger partial charge in [0.05, 0.1) is 13.7 Å². The zero-order valence-corrected chi connectivity index (χ0v) is 13.0. The molecule has 1 atom stereocenters. The van der Waals surface area contributed by atoms with Crippen molar-refractivity contribution in [2.45, 2.75) is 39.3 Å². The van der Waals surface area contributed by atoms with Gasteiger partial charge >= 0.3 is 6.03 Å². The van der Waals surface area contributed by atoms with Crippen LogP contribution in [0.5, 0.6) is 5.75 Å². The fourth-order valence-corrected chi connectivity index (χ4v) is 2.50. The van der Waals surface area contributed by atoms with Gasteiger partial charge in [0.25, 0.3) is 5.91 Å². The summed E-state index contributed by atoms with van der Waals surface area (Å²) in [6.45, 7) is 3.52. The maximum atomic E-state index is 12.3. The van der Waals surface area contributed by atoms with Crippen LogP contribution in [-0.4, -0.2) is 35.8 Å². The van der Waals surface area contributed by atoms with Gasteiger partial charge in [-0.3, -0.25) is 14.5 Å². The summed E-state index contributed by atoms with van der Waals surface area (Å²) in [6, 6.07) is 4.14. The van der Waals surface area contributed by atoms with Gasteiger partial charge in [-0.05, 0) is 31.5 Å². The van der Waals surface area contributed by atoms with Gasteiger partial charge < -0.3 is 10.1 Å². The molecule has 1 aromatic carbocycles.